The number of hydrogen-bond donors (Lipinski definition) is 0. The Balaban J connectivity index is 1.98. The molecule has 1 saturated carbocycles. The molecule has 2 bridgehead atoms. The molecule has 6 heteroatoms. The molecule has 154 valence electrons. The number of hydrogen-bond acceptors (Lipinski definition) is 2. The molecule has 0 aromatic rings. The minimum absolute atomic E-state index is 0.0599. The third-order valence-electron chi connectivity index (χ3n) is 7.66. The molecule has 0 N–H and O–H groups in total. The minimum Gasteiger partial charge on any atom is -0.467 e. The molecule has 0 radical (unpaired) electrons. The van der Waals surface area contributed by atoms with E-state index in [1.807, 2.05) is 0 Å². The summed E-state index contributed by atoms with van der Waals surface area (Å²) in [5.41, 5.74) is 2.84. The van der Waals surface area contributed by atoms with Gasteiger partial charge in [0.2, 0.25) is 0 Å². The van der Waals surface area contributed by atoms with Crippen LogP contribution in [-0.2, 0) is 9.53 Å². The molecule has 3 unspecified atom stereocenters. The van der Waals surface area contributed by atoms with Gasteiger partial charge in [-0.1, -0.05) is 82.4 Å². The summed E-state index contributed by atoms with van der Waals surface area (Å²) in [6.07, 6.45) is 6.85. The van der Waals surface area contributed by atoms with Gasteiger partial charge in [-0.2, -0.15) is 0 Å². The molecule has 2 nitrogen and oxygen atoms in total. The van der Waals surface area contributed by atoms with Crippen molar-refractivity contribution in [3.05, 3.63) is 12.2 Å². The fraction of sp³-hybridized carbons (Fsp3) is 0.857. The second kappa shape index (κ2) is 6.54. The van der Waals surface area contributed by atoms with Gasteiger partial charge in [0.1, 0.15) is 0 Å². The van der Waals surface area contributed by atoms with Gasteiger partial charge in [0.25, 0.3) is 0 Å². The first-order valence-electron chi connectivity index (χ1n) is 11.0. The minimum atomic E-state index is -1.69. The summed E-state index contributed by atoms with van der Waals surface area (Å²) in [6.45, 7) is 22.9. The number of esters is 1. The van der Waals surface area contributed by atoms with Gasteiger partial charge in [0, 0.05) is 16.1 Å². The average molecular weight is 439 g/mol. The van der Waals surface area contributed by atoms with Crippen LogP contribution in [0.1, 0.15) is 12.8 Å². The van der Waals surface area contributed by atoms with Gasteiger partial charge in [0.15, 0.2) is 0 Å². The SMILES string of the molecule is C[Si](C)(C)CC1(OC(=O)C2CC3C=CC2C3)[Si](C)(C)C[Si](C)(C)C[Si]1(C)C. The number of carbonyl (C=O) groups is 1. The van der Waals surface area contributed by atoms with Crippen LogP contribution in [0.25, 0.3) is 0 Å². The summed E-state index contributed by atoms with van der Waals surface area (Å²) in [5, 5.41) is 0. The summed E-state index contributed by atoms with van der Waals surface area (Å²) < 4.78 is 6.92. The van der Waals surface area contributed by atoms with Gasteiger partial charge in [-0.15, -0.1) is 0 Å². The molecule has 3 rings (SSSR count). The van der Waals surface area contributed by atoms with Crippen molar-refractivity contribution < 1.29 is 9.53 Å². The van der Waals surface area contributed by atoms with Gasteiger partial charge in [-0.05, 0) is 30.7 Å². The van der Waals surface area contributed by atoms with Crippen molar-refractivity contribution in [2.75, 3.05) is 0 Å². The van der Waals surface area contributed by atoms with Gasteiger partial charge in [0.05, 0.1) is 26.9 Å². The van der Waals surface area contributed by atoms with Crippen molar-refractivity contribution >= 4 is 38.3 Å². The van der Waals surface area contributed by atoms with Crippen LogP contribution in [0, 0.1) is 17.8 Å². The van der Waals surface area contributed by atoms with E-state index in [0.29, 0.717) is 11.8 Å². The van der Waals surface area contributed by atoms with E-state index >= 15 is 0 Å². The molecular formula is C21H42O2Si4. The molecule has 0 aromatic carbocycles. The van der Waals surface area contributed by atoms with Gasteiger partial charge in [-0.3, -0.25) is 4.79 Å². The van der Waals surface area contributed by atoms with Crippen LogP contribution in [-0.4, -0.2) is 43.1 Å². The summed E-state index contributed by atoms with van der Waals surface area (Å²) in [6, 6.07) is 1.20. The predicted molar refractivity (Wildman–Crippen MR) is 128 cm³/mol. The highest BCUT2D eigenvalue weighted by atomic mass is 28.5. The van der Waals surface area contributed by atoms with Crippen LogP contribution >= 0.6 is 0 Å². The molecule has 1 saturated heterocycles. The van der Waals surface area contributed by atoms with E-state index in [4.69, 9.17) is 4.74 Å². The monoisotopic (exact) mass is 438 g/mol. The Morgan fingerprint density at radius 2 is 1.56 bits per heavy atom. The number of carbonyl (C=O) groups excluding carboxylic acids is 1. The molecule has 27 heavy (non-hydrogen) atoms. The van der Waals surface area contributed by atoms with Gasteiger partial charge < -0.3 is 4.74 Å². The van der Waals surface area contributed by atoms with Gasteiger partial charge >= 0.3 is 5.97 Å². The number of ether oxygens (including phenoxy) is 1. The lowest BCUT2D eigenvalue weighted by Crippen LogP contribution is -2.78. The lowest BCUT2D eigenvalue weighted by molar-refractivity contribution is -0.154. The zero-order valence-corrected chi connectivity index (χ0v) is 23.2. The van der Waals surface area contributed by atoms with E-state index in [1.165, 1.54) is 23.8 Å². The quantitative estimate of drug-likeness (QED) is 0.300. The Morgan fingerprint density at radius 3 is 1.96 bits per heavy atom. The number of allylic oxidation sites excluding steroid dienone is 2. The van der Waals surface area contributed by atoms with Crippen LogP contribution in [0.5, 0.6) is 0 Å². The van der Waals surface area contributed by atoms with Crippen molar-refractivity contribution in [3.8, 4) is 0 Å². The molecule has 1 aliphatic heterocycles. The fourth-order valence-corrected chi connectivity index (χ4v) is 48.8. The van der Waals surface area contributed by atoms with E-state index in [-0.39, 0.29) is 16.7 Å². The Hall–Kier alpha value is 0.0775. The summed E-state index contributed by atoms with van der Waals surface area (Å²) >= 11 is 0. The molecule has 2 fully saturated rings. The molecule has 0 spiro atoms. The maximum absolute atomic E-state index is 13.5. The first kappa shape index (κ1) is 21.8. The largest absolute Gasteiger partial charge is 0.467 e. The molecule has 0 aromatic heterocycles. The number of fused-ring (bicyclic) bond motifs is 2. The molecule has 3 atom stereocenters. The Bertz CT molecular complexity index is 625. The molecule has 2 aliphatic carbocycles. The summed E-state index contributed by atoms with van der Waals surface area (Å²) in [4.78, 5) is 13.5. The molecule has 3 aliphatic rings. The van der Waals surface area contributed by atoms with Crippen LogP contribution in [0.4, 0.5) is 0 Å². The van der Waals surface area contributed by atoms with Crippen molar-refractivity contribution in [2.24, 2.45) is 17.8 Å². The number of rotatable bonds is 4. The van der Waals surface area contributed by atoms with E-state index < -0.39 is 32.3 Å². The first-order chi connectivity index (χ1) is 12.1. The average Bonchev–Trinajstić information content (AvgIpc) is 3.03. The van der Waals surface area contributed by atoms with E-state index in [0.717, 1.165) is 6.42 Å². The Kier molecular flexibility index (Phi) is 5.27. The summed E-state index contributed by atoms with van der Waals surface area (Å²) in [5.74, 6) is 1.40. The Labute approximate surface area is 171 Å². The summed E-state index contributed by atoms with van der Waals surface area (Å²) in [7, 11) is -5.93. The van der Waals surface area contributed by atoms with Gasteiger partial charge in [-0.25, -0.2) is 0 Å². The first-order valence-corrected chi connectivity index (χ1v) is 24.5. The maximum atomic E-state index is 13.5. The van der Waals surface area contributed by atoms with Crippen molar-refractivity contribution in [1.29, 1.82) is 0 Å². The predicted octanol–water partition coefficient (Wildman–Crippen LogP) is 6.11. The zero-order chi connectivity index (χ0) is 20.5. The highest BCUT2D eigenvalue weighted by Gasteiger charge is 2.66. The topological polar surface area (TPSA) is 26.3 Å². The van der Waals surface area contributed by atoms with Crippen LogP contribution in [0.3, 0.4) is 0 Å². The highest BCUT2D eigenvalue weighted by molar-refractivity contribution is 7.15. The molecular weight excluding hydrogens is 397 g/mol. The zero-order valence-electron chi connectivity index (χ0n) is 19.2. The van der Waals surface area contributed by atoms with Crippen molar-refractivity contribution in [1.82, 2.24) is 0 Å². The lowest BCUT2D eigenvalue weighted by atomic mass is 9.94. The van der Waals surface area contributed by atoms with E-state index in [1.54, 1.807) is 0 Å². The third-order valence-corrected chi connectivity index (χ3v) is 33.6. The Morgan fingerprint density at radius 1 is 1.00 bits per heavy atom. The van der Waals surface area contributed by atoms with Crippen LogP contribution in [0.2, 0.25) is 76.3 Å². The molecule has 1 heterocycles. The normalized spacial score (nSPS) is 35.2. The smallest absolute Gasteiger partial charge is 0.309 e. The third kappa shape index (κ3) is 3.92. The standard InChI is InChI=1S/C21H42O2Si4/c1-24(2,3)14-21(23-20(22)19-13-17-10-11-18(19)12-17)26(6,7)15-25(4,5)16-27(21,8)9/h10-11,17-19H,12-16H2,1-9H3. The van der Waals surface area contributed by atoms with Crippen LogP contribution in [0.15, 0.2) is 12.2 Å². The second-order valence-electron chi connectivity index (χ2n) is 13.2. The van der Waals surface area contributed by atoms with Crippen molar-refractivity contribution in [3.63, 3.8) is 0 Å². The fourth-order valence-electron chi connectivity index (χ4n) is 7.49. The van der Waals surface area contributed by atoms with Crippen molar-refractivity contribution in [2.45, 2.75) is 94.0 Å². The van der Waals surface area contributed by atoms with E-state index in [9.17, 15) is 4.79 Å². The van der Waals surface area contributed by atoms with E-state index in [2.05, 4.69) is 71.1 Å². The lowest BCUT2D eigenvalue weighted by Gasteiger charge is -2.62. The highest BCUT2D eigenvalue weighted by Crippen LogP contribution is 2.53. The maximum Gasteiger partial charge on any atom is 0.309 e. The second-order valence-corrected chi connectivity index (χ2v) is 35.4. The van der Waals surface area contributed by atoms with Crippen LogP contribution < -0.4 is 0 Å². The molecule has 0 amide bonds.